The number of benzene rings is 1. The van der Waals surface area contributed by atoms with Crippen LogP contribution in [0.3, 0.4) is 0 Å². The van der Waals surface area contributed by atoms with Crippen molar-refractivity contribution in [3.05, 3.63) is 29.3 Å². The van der Waals surface area contributed by atoms with Crippen LogP contribution in [-0.2, 0) is 14.3 Å². The molecule has 2 atom stereocenters. The van der Waals surface area contributed by atoms with Gasteiger partial charge < -0.3 is 25.4 Å². The number of aromatic hydroxyl groups is 1. The molecule has 3 N–H and O–H groups in total. The zero-order chi connectivity index (χ0) is 25.6. The molecule has 0 radical (unpaired) electrons. The largest absolute Gasteiger partial charge is 0.507 e. The number of nitrogens with one attached hydrogen (secondary N) is 2. The van der Waals surface area contributed by atoms with Crippen molar-refractivity contribution in [2.45, 2.75) is 110 Å². The summed E-state index contributed by atoms with van der Waals surface area (Å²) >= 11 is 0. The first-order chi connectivity index (χ1) is 15.8. The van der Waals surface area contributed by atoms with Gasteiger partial charge >= 0.3 is 6.09 Å². The first-order valence-electron chi connectivity index (χ1n) is 12.2. The van der Waals surface area contributed by atoms with Gasteiger partial charge in [-0.05, 0) is 66.9 Å². The van der Waals surface area contributed by atoms with Crippen LogP contribution in [0.25, 0.3) is 0 Å². The smallest absolute Gasteiger partial charge is 0.408 e. The van der Waals surface area contributed by atoms with E-state index in [0.29, 0.717) is 11.1 Å². The van der Waals surface area contributed by atoms with Gasteiger partial charge in [-0.1, -0.05) is 37.5 Å². The van der Waals surface area contributed by atoms with Gasteiger partial charge in [-0.3, -0.25) is 9.59 Å². The number of carbonyl (C=O) groups excluding carboxylic acids is 3. The number of hydrogen-bond acceptors (Lipinski definition) is 5. The Morgan fingerprint density at radius 3 is 2.26 bits per heavy atom. The van der Waals surface area contributed by atoms with E-state index in [2.05, 4.69) is 10.6 Å². The van der Waals surface area contributed by atoms with E-state index in [-0.39, 0.29) is 23.7 Å². The number of alkyl carbamates (subject to hydrolysis) is 1. The summed E-state index contributed by atoms with van der Waals surface area (Å²) < 4.78 is 5.29. The average molecular weight is 476 g/mol. The molecule has 3 amide bonds. The minimum absolute atomic E-state index is 0.0162. The molecule has 1 aliphatic rings. The highest BCUT2D eigenvalue weighted by Crippen LogP contribution is 2.34. The molecule has 0 heterocycles. The Hall–Kier alpha value is -2.77. The molecule has 0 spiro atoms. The summed E-state index contributed by atoms with van der Waals surface area (Å²) in [5, 5.41) is 16.5. The topological polar surface area (TPSA) is 108 Å². The lowest BCUT2D eigenvalue weighted by molar-refractivity contribution is -0.144. The minimum atomic E-state index is -1.04. The molecule has 1 aromatic carbocycles. The van der Waals surface area contributed by atoms with Crippen molar-refractivity contribution in [2.24, 2.45) is 0 Å². The van der Waals surface area contributed by atoms with Crippen molar-refractivity contribution in [1.29, 1.82) is 0 Å². The zero-order valence-electron chi connectivity index (χ0n) is 21.6. The van der Waals surface area contributed by atoms with E-state index in [1.54, 1.807) is 52.8 Å². The van der Waals surface area contributed by atoms with Crippen LogP contribution in [0.5, 0.6) is 5.75 Å². The predicted molar refractivity (Wildman–Crippen MR) is 131 cm³/mol. The number of phenolic OH excluding ortho intramolecular Hbond substituents is 1. The second-order valence-corrected chi connectivity index (χ2v) is 10.5. The predicted octanol–water partition coefficient (Wildman–Crippen LogP) is 4.34. The summed E-state index contributed by atoms with van der Waals surface area (Å²) in [7, 11) is 0. The molecule has 190 valence electrons. The summed E-state index contributed by atoms with van der Waals surface area (Å²) in [6.07, 6.45) is 4.33. The van der Waals surface area contributed by atoms with Crippen LogP contribution in [0, 0.1) is 6.92 Å². The summed E-state index contributed by atoms with van der Waals surface area (Å²) in [4.78, 5) is 40.9. The Kier molecular flexibility index (Phi) is 9.36. The van der Waals surface area contributed by atoms with Crippen molar-refractivity contribution in [3.8, 4) is 5.75 Å². The molecule has 0 aliphatic heterocycles. The van der Waals surface area contributed by atoms with Crippen LogP contribution in [0.15, 0.2) is 18.2 Å². The van der Waals surface area contributed by atoms with Gasteiger partial charge in [0.15, 0.2) is 0 Å². The third-order valence-electron chi connectivity index (χ3n) is 5.96. The number of amides is 3. The fourth-order valence-electron chi connectivity index (χ4n) is 4.30. The maximum absolute atomic E-state index is 13.6. The van der Waals surface area contributed by atoms with Gasteiger partial charge in [-0.2, -0.15) is 0 Å². The lowest BCUT2D eigenvalue weighted by Gasteiger charge is -2.37. The van der Waals surface area contributed by atoms with Gasteiger partial charge in [0.1, 0.15) is 23.4 Å². The Morgan fingerprint density at radius 1 is 1.09 bits per heavy atom. The molecule has 0 bridgehead atoms. The molecule has 2 unspecified atom stereocenters. The van der Waals surface area contributed by atoms with Gasteiger partial charge in [0.2, 0.25) is 11.8 Å². The molecule has 1 fully saturated rings. The number of nitrogens with zero attached hydrogens (tertiary/aromatic N) is 1. The van der Waals surface area contributed by atoms with Gasteiger partial charge in [0, 0.05) is 17.6 Å². The monoisotopic (exact) mass is 475 g/mol. The lowest BCUT2D eigenvalue weighted by Crippen LogP contribution is -2.55. The Bertz CT molecular complexity index is 872. The van der Waals surface area contributed by atoms with E-state index < -0.39 is 29.7 Å². The van der Waals surface area contributed by atoms with Gasteiger partial charge in [-0.15, -0.1) is 0 Å². The van der Waals surface area contributed by atoms with Crippen LogP contribution in [0.1, 0.15) is 90.8 Å². The average Bonchev–Trinajstić information content (AvgIpc) is 2.72. The Balaban J connectivity index is 2.39. The highest BCUT2D eigenvalue weighted by molar-refractivity contribution is 5.92. The van der Waals surface area contributed by atoms with Crippen molar-refractivity contribution in [3.63, 3.8) is 0 Å². The fraction of sp³-hybridized carbons (Fsp3) is 0.654. The maximum atomic E-state index is 13.6. The number of hydrogen-bond donors (Lipinski definition) is 3. The normalized spacial score (nSPS) is 16.5. The van der Waals surface area contributed by atoms with E-state index in [0.717, 1.165) is 32.1 Å². The van der Waals surface area contributed by atoms with Crippen molar-refractivity contribution < 1.29 is 24.2 Å². The van der Waals surface area contributed by atoms with Crippen LogP contribution < -0.4 is 10.6 Å². The highest BCUT2D eigenvalue weighted by atomic mass is 16.6. The first-order valence-corrected chi connectivity index (χ1v) is 12.2. The van der Waals surface area contributed by atoms with E-state index in [9.17, 15) is 19.5 Å². The summed E-state index contributed by atoms with van der Waals surface area (Å²) in [5.74, 6) is -0.789. The number of aryl methyl sites for hydroxylation is 1. The molecule has 8 heteroatoms. The second-order valence-electron chi connectivity index (χ2n) is 10.5. The molecule has 0 aromatic heterocycles. The summed E-state index contributed by atoms with van der Waals surface area (Å²) in [6.45, 7) is 12.2. The minimum Gasteiger partial charge on any atom is -0.507 e. The second kappa shape index (κ2) is 11.6. The molecular weight excluding hydrogens is 434 g/mol. The van der Waals surface area contributed by atoms with Crippen LogP contribution >= 0.6 is 0 Å². The van der Waals surface area contributed by atoms with E-state index in [1.165, 1.54) is 4.90 Å². The van der Waals surface area contributed by atoms with Gasteiger partial charge in [-0.25, -0.2) is 4.79 Å². The van der Waals surface area contributed by atoms with E-state index in [1.807, 2.05) is 13.8 Å². The molecule has 34 heavy (non-hydrogen) atoms. The molecule has 2 rings (SSSR count). The number of ether oxygens (including phenoxy) is 1. The molecule has 1 aliphatic carbocycles. The maximum Gasteiger partial charge on any atom is 0.408 e. The van der Waals surface area contributed by atoms with E-state index >= 15 is 0 Å². The number of rotatable bonds is 7. The lowest BCUT2D eigenvalue weighted by atomic mass is 9.94. The van der Waals surface area contributed by atoms with Crippen molar-refractivity contribution in [2.75, 3.05) is 0 Å². The van der Waals surface area contributed by atoms with Crippen LogP contribution in [0.2, 0.25) is 0 Å². The molecule has 1 aromatic rings. The number of carbonyl (C=O) groups is 3. The quantitative estimate of drug-likeness (QED) is 0.544. The standard InChI is InChI=1S/C26H41N3O5/c1-16(2)29(24(32)18(4)27-25(33)34-26(5,6)7)21(20-15-11-12-17(3)22(20)30)23(31)28-19-13-9-8-10-14-19/h11-12,15-16,18-19,21,30H,8-10,13-14H2,1-7H3,(H,27,33)(H,28,31). The summed E-state index contributed by atoms with van der Waals surface area (Å²) in [5.41, 5.74) is 0.268. The number of phenols is 1. The van der Waals surface area contributed by atoms with Crippen molar-refractivity contribution >= 4 is 17.9 Å². The Labute approximate surface area is 203 Å². The van der Waals surface area contributed by atoms with Gasteiger partial charge in [0.25, 0.3) is 0 Å². The molecule has 0 saturated heterocycles. The van der Waals surface area contributed by atoms with Gasteiger partial charge in [0.05, 0.1) is 0 Å². The molecular formula is C26H41N3O5. The molecule has 8 nitrogen and oxygen atoms in total. The first kappa shape index (κ1) is 27.5. The molecule has 1 saturated carbocycles. The third-order valence-corrected chi connectivity index (χ3v) is 5.96. The van der Waals surface area contributed by atoms with Crippen LogP contribution in [-0.4, -0.2) is 51.6 Å². The van der Waals surface area contributed by atoms with E-state index in [4.69, 9.17) is 4.74 Å². The third kappa shape index (κ3) is 7.37. The Morgan fingerprint density at radius 2 is 1.71 bits per heavy atom. The SMILES string of the molecule is Cc1cccc(C(C(=O)NC2CCCCC2)N(C(=O)C(C)NC(=O)OC(C)(C)C)C(C)C)c1O. The fourth-order valence-corrected chi connectivity index (χ4v) is 4.30. The summed E-state index contributed by atoms with van der Waals surface area (Å²) in [6, 6.07) is 2.86. The highest BCUT2D eigenvalue weighted by Gasteiger charge is 2.38. The number of para-hydroxylation sites is 1. The zero-order valence-corrected chi connectivity index (χ0v) is 21.6. The van der Waals surface area contributed by atoms with Crippen molar-refractivity contribution in [1.82, 2.24) is 15.5 Å². The van der Waals surface area contributed by atoms with Crippen LogP contribution in [0.4, 0.5) is 4.79 Å².